The van der Waals surface area contributed by atoms with Crippen LogP contribution >= 0.6 is 23.4 Å². The zero-order valence-corrected chi connectivity index (χ0v) is 13.4. The minimum atomic E-state index is 0.129. The highest BCUT2D eigenvalue weighted by Crippen LogP contribution is 2.28. The first-order valence-electron chi connectivity index (χ1n) is 6.32. The number of halogens is 1. The van der Waals surface area contributed by atoms with Crippen LogP contribution in [0.25, 0.3) is 0 Å². The molecule has 0 radical (unpaired) electrons. The molecule has 0 heterocycles. The Morgan fingerprint density at radius 3 is 2.37 bits per heavy atom. The zero-order valence-electron chi connectivity index (χ0n) is 11.8. The lowest BCUT2D eigenvalue weighted by Crippen LogP contribution is -2.43. The summed E-state index contributed by atoms with van der Waals surface area (Å²) in [5, 5.41) is 0.610. The molecular formula is C14H21ClN2OS. The summed E-state index contributed by atoms with van der Waals surface area (Å²) in [6, 6.07) is 5.75. The lowest BCUT2D eigenvalue weighted by Gasteiger charge is -2.30. The molecule has 0 unspecified atom stereocenters. The topological polar surface area (TPSA) is 46.3 Å². The Morgan fingerprint density at radius 2 is 1.89 bits per heavy atom. The van der Waals surface area contributed by atoms with E-state index >= 15 is 0 Å². The van der Waals surface area contributed by atoms with Crippen molar-refractivity contribution in [1.29, 1.82) is 0 Å². The van der Waals surface area contributed by atoms with E-state index in [1.54, 1.807) is 12.1 Å². The summed E-state index contributed by atoms with van der Waals surface area (Å²) in [5.74, 6) is 0.520. The molecule has 2 N–H and O–H groups in total. The van der Waals surface area contributed by atoms with Crippen LogP contribution in [0, 0.1) is 0 Å². The minimum absolute atomic E-state index is 0.129. The van der Waals surface area contributed by atoms with Crippen molar-refractivity contribution in [3.63, 3.8) is 0 Å². The van der Waals surface area contributed by atoms with Crippen molar-refractivity contribution in [2.75, 3.05) is 11.5 Å². The average Bonchev–Trinajstić information content (AvgIpc) is 2.26. The van der Waals surface area contributed by atoms with E-state index in [2.05, 4.69) is 0 Å². The van der Waals surface area contributed by atoms with Crippen LogP contribution in [0.15, 0.2) is 23.1 Å². The summed E-state index contributed by atoms with van der Waals surface area (Å²) in [5.41, 5.74) is 6.49. The van der Waals surface area contributed by atoms with E-state index in [-0.39, 0.29) is 18.0 Å². The molecule has 0 saturated carbocycles. The van der Waals surface area contributed by atoms with Crippen molar-refractivity contribution in [2.45, 2.75) is 44.7 Å². The van der Waals surface area contributed by atoms with Crippen LogP contribution < -0.4 is 5.73 Å². The summed E-state index contributed by atoms with van der Waals surface area (Å²) in [6.07, 6.45) is 0. The van der Waals surface area contributed by atoms with Gasteiger partial charge in [0.25, 0.3) is 0 Å². The molecule has 1 amide bonds. The molecule has 19 heavy (non-hydrogen) atoms. The number of thioether (sulfide) groups is 1. The van der Waals surface area contributed by atoms with Crippen LogP contribution in [0.1, 0.15) is 27.7 Å². The molecule has 0 aliphatic heterocycles. The smallest absolute Gasteiger partial charge is 0.233 e. The third-order valence-electron chi connectivity index (χ3n) is 2.72. The third kappa shape index (κ3) is 4.62. The summed E-state index contributed by atoms with van der Waals surface area (Å²) in [6.45, 7) is 8.11. The Morgan fingerprint density at radius 1 is 1.32 bits per heavy atom. The van der Waals surface area contributed by atoms with E-state index in [0.717, 1.165) is 4.90 Å². The second-order valence-electron chi connectivity index (χ2n) is 4.96. The SMILES string of the molecule is CC(C)N(C(=O)CSc1ccc(Cl)cc1N)C(C)C. The normalized spacial score (nSPS) is 11.1. The molecule has 3 nitrogen and oxygen atoms in total. The molecule has 0 aliphatic rings. The predicted molar refractivity (Wildman–Crippen MR) is 83.7 cm³/mol. The van der Waals surface area contributed by atoms with E-state index in [4.69, 9.17) is 17.3 Å². The highest BCUT2D eigenvalue weighted by Gasteiger charge is 2.20. The van der Waals surface area contributed by atoms with Gasteiger partial charge >= 0.3 is 0 Å². The second kappa shape index (κ2) is 7.06. The molecule has 5 heteroatoms. The lowest BCUT2D eigenvalue weighted by atomic mass is 10.2. The predicted octanol–water partition coefficient (Wildman–Crippen LogP) is 3.66. The van der Waals surface area contributed by atoms with Gasteiger partial charge in [-0.3, -0.25) is 4.79 Å². The Hall–Kier alpha value is -0.870. The van der Waals surface area contributed by atoms with Gasteiger partial charge in [0.1, 0.15) is 0 Å². The van der Waals surface area contributed by atoms with Crippen molar-refractivity contribution in [3.8, 4) is 0 Å². The van der Waals surface area contributed by atoms with E-state index in [1.807, 2.05) is 38.7 Å². The average molecular weight is 301 g/mol. The maximum Gasteiger partial charge on any atom is 0.233 e. The van der Waals surface area contributed by atoms with Crippen molar-refractivity contribution >= 4 is 35.0 Å². The van der Waals surface area contributed by atoms with Crippen LogP contribution in [0.3, 0.4) is 0 Å². The summed E-state index contributed by atoms with van der Waals surface area (Å²) >= 11 is 7.30. The Kier molecular flexibility index (Phi) is 6.01. The van der Waals surface area contributed by atoms with E-state index in [1.165, 1.54) is 11.8 Å². The van der Waals surface area contributed by atoms with Crippen molar-refractivity contribution in [1.82, 2.24) is 4.90 Å². The number of carbonyl (C=O) groups is 1. The van der Waals surface area contributed by atoms with Crippen molar-refractivity contribution < 1.29 is 4.79 Å². The number of anilines is 1. The van der Waals surface area contributed by atoms with Crippen LogP contribution in [-0.2, 0) is 4.79 Å². The largest absolute Gasteiger partial charge is 0.398 e. The number of rotatable bonds is 5. The summed E-state index contributed by atoms with van der Waals surface area (Å²) < 4.78 is 0. The maximum atomic E-state index is 12.2. The van der Waals surface area contributed by atoms with Gasteiger partial charge in [-0.1, -0.05) is 11.6 Å². The first-order chi connectivity index (χ1) is 8.82. The Labute approximate surface area is 124 Å². The first-order valence-corrected chi connectivity index (χ1v) is 7.68. The van der Waals surface area contributed by atoms with Gasteiger partial charge in [-0.2, -0.15) is 0 Å². The Balaban J connectivity index is 2.67. The third-order valence-corrected chi connectivity index (χ3v) is 4.03. The summed E-state index contributed by atoms with van der Waals surface area (Å²) in [4.78, 5) is 15.0. The van der Waals surface area contributed by atoms with Gasteiger partial charge in [0.2, 0.25) is 5.91 Å². The fourth-order valence-electron chi connectivity index (χ4n) is 2.04. The van der Waals surface area contributed by atoms with E-state index in [9.17, 15) is 4.79 Å². The summed E-state index contributed by atoms with van der Waals surface area (Å²) in [7, 11) is 0. The van der Waals surface area contributed by atoms with Gasteiger partial charge in [-0.05, 0) is 45.9 Å². The monoisotopic (exact) mass is 300 g/mol. The van der Waals surface area contributed by atoms with Crippen molar-refractivity contribution in [3.05, 3.63) is 23.2 Å². The molecule has 0 saturated heterocycles. The van der Waals surface area contributed by atoms with Gasteiger partial charge in [-0.25, -0.2) is 0 Å². The van der Waals surface area contributed by atoms with Gasteiger partial charge in [0, 0.05) is 27.7 Å². The zero-order chi connectivity index (χ0) is 14.6. The number of nitrogens with two attached hydrogens (primary N) is 1. The van der Waals surface area contributed by atoms with Crippen LogP contribution in [0.4, 0.5) is 5.69 Å². The van der Waals surface area contributed by atoms with Crippen molar-refractivity contribution in [2.24, 2.45) is 0 Å². The molecule has 0 spiro atoms. The molecular weight excluding hydrogens is 280 g/mol. The number of nitrogen functional groups attached to an aromatic ring is 1. The second-order valence-corrected chi connectivity index (χ2v) is 6.41. The number of amides is 1. The molecule has 0 bridgehead atoms. The molecule has 0 fully saturated rings. The van der Waals surface area contributed by atoms with Gasteiger partial charge in [-0.15, -0.1) is 11.8 Å². The number of hydrogen-bond acceptors (Lipinski definition) is 3. The molecule has 0 aliphatic carbocycles. The number of hydrogen-bond donors (Lipinski definition) is 1. The van der Waals surface area contributed by atoms with E-state index in [0.29, 0.717) is 16.5 Å². The van der Waals surface area contributed by atoms with Gasteiger partial charge in [0.05, 0.1) is 5.75 Å². The molecule has 1 rings (SSSR count). The highest BCUT2D eigenvalue weighted by molar-refractivity contribution is 8.00. The van der Waals surface area contributed by atoms with Crippen LogP contribution in [0.5, 0.6) is 0 Å². The van der Waals surface area contributed by atoms with Gasteiger partial charge in [0.15, 0.2) is 0 Å². The fourth-order valence-corrected chi connectivity index (χ4v) is 3.04. The number of nitrogens with zero attached hydrogens (tertiary/aromatic N) is 1. The first kappa shape index (κ1) is 16.2. The van der Waals surface area contributed by atoms with Crippen LogP contribution in [0.2, 0.25) is 5.02 Å². The lowest BCUT2D eigenvalue weighted by molar-refractivity contribution is -0.131. The molecule has 0 atom stereocenters. The Bertz CT molecular complexity index is 441. The molecule has 106 valence electrons. The fraction of sp³-hybridized carbons (Fsp3) is 0.500. The number of benzene rings is 1. The minimum Gasteiger partial charge on any atom is -0.398 e. The maximum absolute atomic E-state index is 12.2. The van der Waals surface area contributed by atoms with Gasteiger partial charge < -0.3 is 10.6 Å². The van der Waals surface area contributed by atoms with E-state index < -0.39 is 0 Å². The molecule has 1 aromatic carbocycles. The highest BCUT2D eigenvalue weighted by atomic mass is 35.5. The molecule has 1 aromatic rings. The van der Waals surface area contributed by atoms with Crippen LogP contribution in [-0.4, -0.2) is 28.6 Å². The standard InChI is InChI=1S/C14H21ClN2OS/c1-9(2)17(10(3)4)14(18)8-19-13-6-5-11(15)7-12(13)16/h5-7,9-10H,8,16H2,1-4H3. The molecule has 0 aromatic heterocycles. The quantitative estimate of drug-likeness (QED) is 0.667. The number of carbonyl (C=O) groups excluding carboxylic acids is 1.